The van der Waals surface area contributed by atoms with Gasteiger partial charge in [-0.1, -0.05) is 42.8 Å². The maximum absolute atomic E-state index is 12.7. The van der Waals surface area contributed by atoms with Crippen LogP contribution in [-0.4, -0.2) is 21.9 Å². The average Bonchev–Trinajstić information content (AvgIpc) is 2.71. The first-order valence-electron chi connectivity index (χ1n) is 8.84. The molecular weight excluding hydrogens is 448 g/mol. The lowest BCUT2D eigenvalue weighted by atomic mass is 10.2. The lowest BCUT2D eigenvalue weighted by molar-refractivity contribution is 0.477. The third kappa shape index (κ3) is 4.86. The number of anilines is 2. The Kier molecular flexibility index (Phi) is 6.25. The molecule has 3 rings (SSSR count). The van der Waals surface area contributed by atoms with E-state index < -0.39 is 25.8 Å². The van der Waals surface area contributed by atoms with Gasteiger partial charge >= 0.3 is 0 Å². The highest BCUT2D eigenvalue weighted by molar-refractivity contribution is 7.93. The summed E-state index contributed by atoms with van der Waals surface area (Å²) in [5.41, 5.74) is 0.873. The molecule has 3 N–H and O–H groups in total. The van der Waals surface area contributed by atoms with Gasteiger partial charge in [-0.3, -0.25) is 9.44 Å². The molecule has 0 saturated carbocycles. The SMILES string of the molecule is CCc1ccc(S(=O)(=O)Nc2cc(S(=O)(=O)Nc3ccccc3Cl)ccc2O)cc1. The fourth-order valence-electron chi connectivity index (χ4n) is 2.62. The molecular formula is C20H19ClN2O5S2. The predicted octanol–water partition coefficient (Wildman–Crippen LogP) is 4.21. The van der Waals surface area contributed by atoms with E-state index in [2.05, 4.69) is 9.44 Å². The van der Waals surface area contributed by atoms with Crippen LogP contribution in [0.1, 0.15) is 12.5 Å². The fraction of sp³-hybridized carbons (Fsp3) is 0.100. The summed E-state index contributed by atoms with van der Waals surface area (Å²) in [6.45, 7) is 1.95. The molecule has 3 aromatic rings. The van der Waals surface area contributed by atoms with Crippen LogP contribution in [-0.2, 0) is 26.5 Å². The van der Waals surface area contributed by atoms with Gasteiger partial charge in [0.05, 0.1) is 26.2 Å². The van der Waals surface area contributed by atoms with Gasteiger partial charge in [0.1, 0.15) is 5.75 Å². The number of phenols is 1. The minimum Gasteiger partial charge on any atom is -0.506 e. The number of halogens is 1. The zero-order chi connectivity index (χ0) is 21.9. The molecule has 0 heterocycles. The summed E-state index contributed by atoms with van der Waals surface area (Å²) in [6, 6.07) is 15.8. The van der Waals surface area contributed by atoms with Crippen molar-refractivity contribution < 1.29 is 21.9 Å². The number of para-hydroxylation sites is 1. The number of phenolic OH excluding ortho intramolecular Hbond substituents is 1. The van der Waals surface area contributed by atoms with Crippen LogP contribution in [0.4, 0.5) is 11.4 Å². The maximum atomic E-state index is 12.7. The first-order valence-corrected chi connectivity index (χ1v) is 12.2. The number of aromatic hydroxyl groups is 1. The molecule has 0 unspecified atom stereocenters. The number of benzene rings is 3. The molecule has 158 valence electrons. The quantitative estimate of drug-likeness (QED) is 0.451. The monoisotopic (exact) mass is 466 g/mol. The van der Waals surface area contributed by atoms with E-state index >= 15 is 0 Å². The molecule has 0 aliphatic carbocycles. The first-order chi connectivity index (χ1) is 14.1. The second-order valence-corrected chi connectivity index (χ2v) is 10.1. The fourth-order valence-corrected chi connectivity index (χ4v) is 5.03. The van der Waals surface area contributed by atoms with Crippen LogP contribution >= 0.6 is 11.6 Å². The molecule has 0 amide bonds. The molecule has 0 aliphatic rings. The molecule has 0 aliphatic heterocycles. The van der Waals surface area contributed by atoms with Gasteiger partial charge in [0.15, 0.2) is 0 Å². The minimum atomic E-state index is -4.08. The molecule has 0 atom stereocenters. The second-order valence-electron chi connectivity index (χ2n) is 6.37. The van der Waals surface area contributed by atoms with Crippen molar-refractivity contribution in [1.29, 1.82) is 0 Å². The second kappa shape index (κ2) is 8.55. The molecule has 0 bridgehead atoms. The molecule has 7 nitrogen and oxygen atoms in total. The van der Waals surface area contributed by atoms with Crippen molar-refractivity contribution in [1.82, 2.24) is 0 Å². The van der Waals surface area contributed by atoms with Gasteiger partial charge in [0, 0.05) is 0 Å². The molecule has 0 radical (unpaired) electrons. The van der Waals surface area contributed by atoms with E-state index in [0.717, 1.165) is 30.2 Å². The standard InChI is InChI=1S/C20H19ClN2O5S2/c1-2-14-7-9-15(10-8-14)29(25,26)23-19-13-16(11-12-20(19)24)30(27,28)22-18-6-4-3-5-17(18)21/h3-13,22-24H,2H2,1H3. The van der Waals surface area contributed by atoms with Crippen molar-refractivity contribution in [3.8, 4) is 5.75 Å². The molecule has 0 fully saturated rings. The third-order valence-electron chi connectivity index (χ3n) is 4.28. The molecule has 30 heavy (non-hydrogen) atoms. The Hall–Kier alpha value is -2.75. The lowest BCUT2D eigenvalue weighted by Crippen LogP contribution is -2.16. The van der Waals surface area contributed by atoms with Crippen LogP contribution in [0.15, 0.2) is 76.5 Å². The van der Waals surface area contributed by atoms with Crippen molar-refractivity contribution in [3.63, 3.8) is 0 Å². The summed E-state index contributed by atoms with van der Waals surface area (Å²) in [5.74, 6) is -0.416. The van der Waals surface area contributed by atoms with Crippen molar-refractivity contribution >= 4 is 43.0 Å². The zero-order valence-electron chi connectivity index (χ0n) is 15.8. The van der Waals surface area contributed by atoms with Crippen LogP contribution in [0.3, 0.4) is 0 Å². The van der Waals surface area contributed by atoms with E-state index in [1.807, 2.05) is 6.92 Å². The summed E-state index contributed by atoms with van der Waals surface area (Å²) < 4.78 is 55.3. The highest BCUT2D eigenvalue weighted by Gasteiger charge is 2.21. The Morgan fingerprint density at radius 2 is 1.37 bits per heavy atom. The number of aryl methyl sites for hydroxylation is 1. The van der Waals surface area contributed by atoms with Crippen LogP contribution in [0.25, 0.3) is 0 Å². The highest BCUT2D eigenvalue weighted by atomic mass is 35.5. The Morgan fingerprint density at radius 1 is 0.800 bits per heavy atom. The van der Waals surface area contributed by atoms with E-state index in [0.29, 0.717) is 0 Å². The normalized spacial score (nSPS) is 11.8. The van der Waals surface area contributed by atoms with Crippen LogP contribution in [0.2, 0.25) is 5.02 Å². The topological polar surface area (TPSA) is 113 Å². The highest BCUT2D eigenvalue weighted by Crippen LogP contribution is 2.30. The molecule has 0 aromatic heterocycles. The van der Waals surface area contributed by atoms with E-state index in [1.165, 1.54) is 24.3 Å². The van der Waals surface area contributed by atoms with Crippen LogP contribution < -0.4 is 9.44 Å². The van der Waals surface area contributed by atoms with E-state index in [-0.39, 0.29) is 26.2 Å². The largest absolute Gasteiger partial charge is 0.506 e. The van der Waals surface area contributed by atoms with E-state index in [1.54, 1.807) is 24.3 Å². The number of nitrogens with one attached hydrogen (secondary N) is 2. The summed E-state index contributed by atoms with van der Waals surface area (Å²) >= 11 is 5.99. The zero-order valence-corrected chi connectivity index (χ0v) is 18.2. The number of rotatable bonds is 7. The van der Waals surface area contributed by atoms with Gasteiger partial charge in [-0.2, -0.15) is 0 Å². The first kappa shape index (κ1) is 21.9. The van der Waals surface area contributed by atoms with E-state index in [4.69, 9.17) is 11.6 Å². The maximum Gasteiger partial charge on any atom is 0.262 e. The Labute approximate surface area is 180 Å². The summed E-state index contributed by atoms with van der Waals surface area (Å²) in [4.78, 5) is -0.263. The molecule has 3 aromatic carbocycles. The molecule has 0 saturated heterocycles. The van der Waals surface area contributed by atoms with Crippen molar-refractivity contribution in [2.45, 2.75) is 23.1 Å². The summed E-state index contributed by atoms with van der Waals surface area (Å²) in [7, 11) is -8.12. The smallest absolute Gasteiger partial charge is 0.262 e. The van der Waals surface area contributed by atoms with Gasteiger partial charge in [0.2, 0.25) is 0 Å². The lowest BCUT2D eigenvalue weighted by Gasteiger charge is -2.13. The number of hydrogen-bond donors (Lipinski definition) is 3. The minimum absolute atomic E-state index is 0.0125. The van der Waals surface area contributed by atoms with Gasteiger partial charge in [-0.05, 0) is 54.4 Å². The summed E-state index contributed by atoms with van der Waals surface area (Å²) in [5, 5.41) is 10.3. The molecule has 10 heteroatoms. The number of hydrogen-bond acceptors (Lipinski definition) is 5. The van der Waals surface area contributed by atoms with Gasteiger partial charge in [-0.15, -0.1) is 0 Å². The van der Waals surface area contributed by atoms with Crippen molar-refractivity contribution in [2.75, 3.05) is 9.44 Å². The number of sulfonamides is 2. The van der Waals surface area contributed by atoms with Gasteiger partial charge < -0.3 is 5.11 Å². The van der Waals surface area contributed by atoms with Crippen molar-refractivity contribution in [2.24, 2.45) is 0 Å². The summed E-state index contributed by atoms with van der Waals surface area (Å²) in [6.07, 6.45) is 0.757. The Balaban J connectivity index is 1.92. The van der Waals surface area contributed by atoms with Crippen LogP contribution in [0, 0.1) is 0 Å². The van der Waals surface area contributed by atoms with Gasteiger partial charge in [-0.25, -0.2) is 16.8 Å². The van der Waals surface area contributed by atoms with Gasteiger partial charge in [0.25, 0.3) is 20.0 Å². The molecule has 0 spiro atoms. The average molecular weight is 467 g/mol. The Morgan fingerprint density at radius 3 is 2.00 bits per heavy atom. The van der Waals surface area contributed by atoms with Crippen molar-refractivity contribution in [3.05, 3.63) is 77.3 Å². The van der Waals surface area contributed by atoms with E-state index in [9.17, 15) is 21.9 Å². The van der Waals surface area contributed by atoms with Crippen LogP contribution in [0.5, 0.6) is 5.75 Å². The third-order valence-corrected chi connectivity index (χ3v) is 7.36. The predicted molar refractivity (Wildman–Crippen MR) is 117 cm³/mol. The Bertz CT molecular complexity index is 1270.